The second-order valence-corrected chi connectivity index (χ2v) is 4.98. The summed E-state index contributed by atoms with van der Waals surface area (Å²) in [6, 6.07) is 0.124. The average molecular weight is 282 g/mol. The second kappa shape index (κ2) is 5.75. The molecule has 1 unspecified atom stereocenters. The summed E-state index contributed by atoms with van der Waals surface area (Å²) < 4.78 is 3.99. The molecule has 0 aliphatic heterocycles. The van der Waals surface area contributed by atoms with Crippen molar-refractivity contribution in [3.05, 3.63) is 34.6 Å². The zero-order chi connectivity index (χ0) is 14.0. The highest BCUT2D eigenvalue weighted by Gasteiger charge is 2.20. The molecule has 0 saturated carbocycles. The van der Waals surface area contributed by atoms with E-state index in [0.29, 0.717) is 0 Å². The Morgan fingerprint density at radius 2 is 2.21 bits per heavy atom. The SMILES string of the molecule is CCn1nc(C)c(Cl)c1CC(NC)c1nccn1C. The third kappa shape index (κ3) is 2.67. The van der Waals surface area contributed by atoms with Crippen molar-refractivity contribution >= 4 is 11.6 Å². The van der Waals surface area contributed by atoms with E-state index in [1.807, 2.05) is 42.7 Å². The third-order valence-corrected chi connectivity index (χ3v) is 3.86. The minimum absolute atomic E-state index is 0.124. The molecule has 0 fully saturated rings. The molecule has 0 bridgehead atoms. The topological polar surface area (TPSA) is 47.7 Å². The maximum Gasteiger partial charge on any atom is 0.125 e. The van der Waals surface area contributed by atoms with Gasteiger partial charge in [-0.3, -0.25) is 4.68 Å². The van der Waals surface area contributed by atoms with E-state index < -0.39 is 0 Å². The van der Waals surface area contributed by atoms with Gasteiger partial charge in [-0.15, -0.1) is 0 Å². The number of likely N-dealkylation sites (N-methyl/N-ethyl adjacent to an activating group) is 1. The van der Waals surface area contributed by atoms with Gasteiger partial charge in [0.2, 0.25) is 0 Å². The summed E-state index contributed by atoms with van der Waals surface area (Å²) in [6.07, 6.45) is 4.53. The fraction of sp³-hybridized carbons (Fsp3) is 0.538. The first-order valence-corrected chi connectivity index (χ1v) is 6.82. The predicted octanol–water partition coefficient (Wildman–Crippen LogP) is 2.10. The summed E-state index contributed by atoms with van der Waals surface area (Å²) in [7, 11) is 3.93. The van der Waals surface area contributed by atoms with E-state index in [9.17, 15) is 0 Å². The predicted molar refractivity (Wildman–Crippen MR) is 76.4 cm³/mol. The van der Waals surface area contributed by atoms with Crippen LogP contribution in [0.5, 0.6) is 0 Å². The van der Waals surface area contributed by atoms with Crippen molar-refractivity contribution in [1.82, 2.24) is 24.6 Å². The van der Waals surface area contributed by atoms with Crippen LogP contribution in [0, 0.1) is 6.92 Å². The van der Waals surface area contributed by atoms with Crippen molar-refractivity contribution < 1.29 is 0 Å². The van der Waals surface area contributed by atoms with Crippen LogP contribution < -0.4 is 5.32 Å². The summed E-state index contributed by atoms with van der Waals surface area (Å²) in [6.45, 7) is 4.83. The molecule has 2 rings (SSSR count). The molecular formula is C13H20ClN5. The van der Waals surface area contributed by atoms with Crippen LogP contribution in [0.15, 0.2) is 12.4 Å². The maximum absolute atomic E-state index is 6.36. The lowest BCUT2D eigenvalue weighted by atomic mass is 10.1. The monoisotopic (exact) mass is 281 g/mol. The minimum Gasteiger partial charge on any atom is -0.337 e. The highest BCUT2D eigenvalue weighted by molar-refractivity contribution is 6.31. The second-order valence-electron chi connectivity index (χ2n) is 4.60. The Kier molecular flexibility index (Phi) is 4.27. The fourth-order valence-electron chi connectivity index (χ4n) is 2.29. The van der Waals surface area contributed by atoms with Crippen LogP contribution in [0.4, 0.5) is 0 Å². The van der Waals surface area contributed by atoms with E-state index in [0.717, 1.165) is 35.2 Å². The van der Waals surface area contributed by atoms with Gasteiger partial charge in [-0.2, -0.15) is 5.10 Å². The van der Waals surface area contributed by atoms with Crippen LogP contribution in [-0.4, -0.2) is 26.4 Å². The molecule has 5 nitrogen and oxygen atoms in total. The number of nitrogens with zero attached hydrogens (tertiary/aromatic N) is 4. The van der Waals surface area contributed by atoms with E-state index in [1.54, 1.807) is 0 Å². The van der Waals surface area contributed by atoms with Crippen molar-refractivity contribution in [2.75, 3.05) is 7.05 Å². The molecule has 0 amide bonds. The van der Waals surface area contributed by atoms with Crippen LogP contribution in [0.1, 0.15) is 30.2 Å². The summed E-state index contributed by atoms with van der Waals surface area (Å²) >= 11 is 6.36. The number of aryl methyl sites for hydroxylation is 3. The van der Waals surface area contributed by atoms with Crippen molar-refractivity contribution in [2.24, 2.45) is 7.05 Å². The smallest absolute Gasteiger partial charge is 0.125 e. The molecule has 1 atom stereocenters. The van der Waals surface area contributed by atoms with Gasteiger partial charge in [0.25, 0.3) is 0 Å². The van der Waals surface area contributed by atoms with E-state index in [2.05, 4.69) is 22.3 Å². The van der Waals surface area contributed by atoms with Gasteiger partial charge in [0.1, 0.15) is 5.82 Å². The van der Waals surface area contributed by atoms with Gasteiger partial charge < -0.3 is 9.88 Å². The minimum atomic E-state index is 0.124. The maximum atomic E-state index is 6.36. The molecule has 2 heterocycles. The van der Waals surface area contributed by atoms with Gasteiger partial charge in [0.05, 0.1) is 22.5 Å². The summed E-state index contributed by atoms with van der Waals surface area (Å²) in [5.41, 5.74) is 1.94. The van der Waals surface area contributed by atoms with Gasteiger partial charge in [0.15, 0.2) is 0 Å². The molecule has 0 aliphatic rings. The molecule has 104 valence electrons. The highest BCUT2D eigenvalue weighted by atomic mass is 35.5. The van der Waals surface area contributed by atoms with E-state index in [-0.39, 0.29) is 6.04 Å². The van der Waals surface area contributed by atoms with E-state index in [1.165, 1.54) is 0 Å². The zero-order valence-corrected chi connectivity index (χ0v) is 12.6. The quantitative estimate of drug-likeness (QED) is 0.913. The fourth-order valence-corrected chi connectivity index (χ4v) is 2.51. The number of hydrogen-bond acceptors (Lipinski definition) is 3. The number of halogens is 1. The first kappa shape index (κ1) is 14.1. The number of imidazole rings is 1. The Labute approximate surface area is 118 Å². The number of rotatable bonds is 5. The molecule has 0 aliphatic carbocycles. The lowest BCUT2D eigenvalue weighted by molar-refractivity contribution is 0.508. The lowest BCUT2D eigenvalue weighted by Gasteiger charge is -2.17. The molecule has 2 aromatic heterocycles. The largest absolute Gasteiger partial charge is 0.337 e. The summed E-state index contributed by atoms with van der Waals surface area (Å²) in [5.74, 6) is 1.00. The van der Waals surface area contributed by atoms with Crippen LogP contribution in [0.2, 0.25) is 5.02 Å². The third-order valence-electron chi connectivity index (χ3n) is 3.37. The molecule has 0 aromatic carbocycles. The Balaban J connectivity index is 2.31. The Morgan fingerprint density at radius 1 is 1.47 bits per heavy atom. The average Bonchev–Trinajstić information content (AvgIpc) is 2.93. The number of aromatic nitrogens is 4. The first-order valence-electron chi connectivity index (χ1n) is 6.44. The molecule has 0 saturated heterocycles. The molecule has 6 heteroatoms. The first-order chi connectivity index (χ1) is 9.08. The lowest BCUT2D eigenvalue weighted by Crippen LogP contribution is -2.23. The molecule has 2 aromatic rings. The zero-order valence-electron chi connectivity index (χ0n) is 11.8. The normalized spacial score (nSPS) is 12.9. The van der Waals surface area contributed by atoms with E-state index in [4.69, 9.17) is 11.6 Å². The van der Waals surface area contributed by atoms with Crippen molar-refractivity contribution in [3.8, 4) is 0 Å². The summed E-state index contributed by atoms with van der Waals surface area (Å²) in [4.78, 5) is 4.40. The molecular weight excluding hydrogens is 262 g/mol. The number of hydrogen-bond donors (Lipinski definition) is 1. The molecule has 0 radical (unpaired) electrons. The van der Waals surface area contributed by atoms with Crippen LogP contribution in [-0.2, 0) is 20.0 Å². The molecule has 0 spiro atoms. The molecule has 1 N–H and O–H groups in total. The van der Waals surface area contributed by atoms with Gasteiger partial charge in [0, 0.05) is 32.4 Å². The van der Waals surface area contributed by atoms with Gasteiger partial charge in [-0.1, -0.05) is 11.6 Å². The number of nitrogens with one attached hydrogen (secondary N) is 1. The standard InChI is InChI=1S/C13H20ClN5/c1-5-19-11(12(14)9(2)17-19)8-10(15-3)13-16-6-7-18(13)4/h6-7,10,15H,5,8H2,1-4H3. The Morgan fingerprint density at radius 3 is 2.74 bits per heavy atom. The Hall–Kier alpha value is -1.33. The van der Waals surface area contributed by atoms with Crippen LogP contribution in [0.25, 0.3) is 0 Å². The van der Waals surface area contributed by atoms with Gasteiger partial charge >= 0.3 is 0 Å². The van der Waals surface area contributed by atoms with Crippen LogP contribution in [0.3, 0.4) is 0 Å². The van der Waals surface area contributed by atoms with E-state index >= 15 is 0 Å². The summed E-state index contributed by atoms with van der Waals surface area (Å²) in [5, 5.41) is 8.51. The van der Waals surface area contributed by atoms with Crippen molar-refractivity contribution in [1.29, 1.82) is 0 Å². The highest BCUT2D eigenvalue weighted by Crippen LogP contribution is 2.25. The Bertz CT molecular complexity index is 557. The van der Waals surface area contributed by atoms with Gasteiger partial charge in [-0.25, -0.2) is 4.98 Å². The molecule has 19 heavy (non-hydrogen) atoms. The van der Waals surface area contributed by atoms with Crippen molar-refractivity contribution in [3.63, 3.8) is 0 Å². The van der Waals surface area contributed by atoms with Crippen LogP contribution >= 0.6 is 11.6 Å². The van der Waals surface area contributed by atoms with Gasteiger partial charge in [-0.05, 0) is 20.9 Å². The van der Waals surface area contributed by atoms with Crippen molar-refractivity contribution in [2.45, 2.75) is 32.9 Å².